The molecule has 0 aromatic heterocycles. The molecule has 0 aliphatic heterocycles. The van der Waals surface area contributed by atoms with E-state index in [1.54, 1.807) is 0 Å². The lowest BCUT2D eigenvalue weighted by molar-refractivity contribution is -0.126. The summed E-state index contributed by atoms with van der Waals surface area (Å²) >= 11 is 0. The first-order valence-electron chi connectivity index (χ1n) is 8.11. The molecule has 0 spiro atoms. The highest BCUT2D eigenvalue weighted by molar-refractivity contribution is 5.78. The van der Waals surface area contributed by atoms with E-state index in [2.05, 4.69) is 19.2 Å². The Hall–Kier alpha value is -0.570. The van der Waals surface area contributed by atoms with Gasteiger partial charge in [-0.2, -0.15) is 0 Å². The summed E-state index contributed by atoms with van der Waals surface area (Å²) in [5.74, 6) is 2.34. The molecule has 0 bridgehead atoms. The molecular weight excluding hydrogens is 236 g/mol. The molecule has 3 heteroatoms. The Labute approximate surface area is 117 Å². The number of amides is 1. The Morgan fingerprint density at radius 1 is 1.26 bits per heavy atom. The first-order chi connectivity index (χ1) is 9.08. The van der Waals surface area contributed by atoms with Crippen LogP contribution in [0.4, 0.5) is 0 Å². The maximum atomic E-state index is 12.3. The fraction of sp³-hybridized carbons (Fsp3) is 0.938. The average molecular weight is 266 g/mol. The van der Waals surface area contributed by atoms with Crippen LogP contribution in [0.15, 0.2) is 0 Å². The maximum absolute atomic E-state index is 12.3. The fourth-order valence-corrected chi connectivity index (χ4v) is 3.85. The summed E-state index contributed by atoms with van der Waals surface area (Å²) in [6, 6.07) is 0.309. The van der Waals surface area contributed by atoms with Crippen LogP contribution in [0.25, 0.3) is 0 Å². The number of carbonyl (C=O) groups is 1. The standard InChI is InChI=1S/C16H30N2O/c1-11-5-3-7-14(11)10-18-16(19)12(2)13-6-4-8-15(17)9-13/h11-15H,3-10,17H2,1-2H3,(H,18,19). The summed E-state index contributed by atoms with van der Waals surface area (Å²) in [6.45, 7) is 5.27. The largest absolute Gasteiger partial charge is 0.356 e. The predicted molar refractivity (Wildman–Crippen MR) is 78.6 cm³/mol. The first kappa shape index (κ1) is 14.8. The number of hydrogen-bond donors (Lipinski definition) is 2. The molecule has 2 saturated carbocycles. The van der Waals surface area contributed by atoms with Crippen LogP contribution in [0.1, 0.15) is 58.8 Å². The molecule has 0 radical (unpaired) electrons. The zero-order chi connectivity index (χ0) is 13.8. The van der Waals surface area contributed by atoms with Crippen molar-refractivity contribution < 1.29 is 4.79 Å². The van der Waals surface area contributed by atoms with E-state index in [1.165, 1.54) is 32.1 Å². The van der Waals surface area contributed by atoms with Gasteiger partial charge in [-0.15, -0.1) is 0 Å². The summed E-state index contributed by atoms with van der Waals surface area (Å²) in [7, 11) is 0. The second-order valence-electron chi connectivity index (χ2n) is 6.89. The monoisotopic (exact) mass is 266 g/mol. The molecule has 2 aliphatic rings. The number of rotatable bonds is 4. The molecule has 110 valence electrons. The van der Waals surface area contributed by atoms with E-state index in [9.17, 15) is 4.79 Å². The Morgan fingerprint density at radius 2 is 2.00 bits per heavy atom. The van der Waals surface area contributed by atoms with Crippen molar-refractivity contribution in [2.24, 2.45) is 29.4 Å². The number of nitrogens with two attached hydrogens (primary N) is 1. The molecule has 5 unspecified atom stereocenters. The summed E-state index contributed by atoms with van der Waals surface area (Å²) in [6.07, 6.45) is 8.44. The number of hydrogen-bond acceptors (Lipinski definition) is 2. The molecule has 2 aliphatic carbocycles. The molecule has 2 fully saturated rings. The molecule has 3 nitrogen and oxygen atoms in total. The van der Waals surface area contributed by atoms with Crippen molar-refractivity contribution in [1.29, 1.82) is 0 Å². The van der Waals surface area contributed by atoms with E-state index in [0.29, 0.717) is 17.9 Å². The van der Waals surface area contributed by atoms with Gasteiger partial charge in [0, 0.05) is 18.5 Å². The van der Waals surface area contributed by atoms with Gasteiger partial charge in [-0.1, -0.05) is 33.1 Å². The van der Waals surface area contributed by atoms with Gasteiger partial charge < -0.3 is 11.1 Å². The van der Waals surface area contributed by atoms with Gasteiger partial charge in [-0.25, -0.2) is 0 Å². The minimum absolute atomic E-state index is 0.128. The SMILES string of the molecule is CC1CCCC1CNC(=O)C(C)C1CCCC(N)C1. The second kappa shape index (κ2) is 6.74. The smallest absolute Gasteiger partial charge is 0.223 e. The predicted octanol–water partition coefficient (Wildman–Crippen LogP) is 2.69. The fourth-order valence-electron chi connectivity index (χ4n) is 3.85. The minimum Gasteiger partial charge on any atom is -0.356 e. The van der Waals surface area contributed by atoms with Gasteiger partial charge in [0.05, 0.1) is 0 Å². The Morgan fingerprint density at radius 3 is 2.63 bits per heavy atom. The molecule has 0 aromatic carbocycles. The lowest BCUT2D eigenvalue weighted by Gasteiger charge is -2.30. The quantitative estimate of drug-likeness (QED) is 0.822. The second-order valence-corrected chi connectivity index (χ2v) is 6.89. The Kier molecular flexibility index (Phi) is 5.26. The Balaban J connectivity index is 1.75. The van der Waals surface area contributed by atoms with Crippen molar-refractivity contribution in [3.05, 3.63) is 0 Å². The van der Waals surface area contributed by atoms with Crippen LogP contribution < -0.4 is 11.1 Å². The molecule has 0 saturated heterocycles. The van der Waals surface area contributed by atoms with Crippen LogP contribution in [-0.2, 0) is 4.79 Å². The number of nitrogens with one attached hydrogen (secondary N) is 1. The summed E-state index contributed by atoms with van der Waals surface area (Å²) in [4.78, 5) is 12.3. The third-order valence-electron chi connectivity index (χ3n) is 5.45. The lowest BCUT2D eigenvalue weighted by atomic mass is 9.78. The molecule has 3 N–H and O–H groups in total. The van der Waals surface area contributed by atoms with Crippen LogP contribution in [0.3, 0.4) is 0 Å². The van der Waals surface area contributed by atoms with Crippen molar-refractivity contribution in [1.82, 2.24) is 5.32 Å². The van der Waals surface area contributed by atoms with Crippen LogP contribution in [0.5, 0.6) is 0 Å². The van der Waals surface area contributed by atoms with Crippen LogP contribution in [0, 0.1) is 23.7 Å². The van der Waals surface area contributed by atoms with Crippen molar-refractivity contribution in [3.8, 4) is 0 Å². The van der Waals surface area contributed by atoms with E-state index in [-0.39, 0.29) is 11.8 Å². The van der Waals surface area contributed by atoms with Crippen LogP contribution >= 0.6 is 0 Å². The number of carbonyl (C=O) groups excluding carboxylic acids is 1. The highest BCUT2D eigenvalue weighted by atomic mass is 16.1. The van der Waals surface area contributed by atoms with Crippen molar-refractivity contribution in [2.75, 3.05) is 6.54 Å². The van der Waals surface area contributed by atoms with E-state index >= 15 is 0 Å². The molecule has 0 aromatic rings. The van der Waals surface area contributed by atoms with Crippen LogP contribution in [0.2, 0.25) is 0 Å². The van der Waals surface area contributed by atoms with Gasteiger partial charge in [-0.05, 0) is 43.4 Å². The van der Waals surface area contributed by atoms with Crippen molar-refractivity contribution >= 4 is 5.91 Å². The molecule has 0 heterocycles. The minimum atomic E-state index is 0.128. The molecule has 1 amide bonds. The van der Waals surface area contributed by atoms with Crippen molar-refractivity contribution in [3.63, 3.8) is 0 Å². The van der Waals surface area contributed by atoms with E-state index in [0.717, 1.165) is 25.3 Å². The normalized spacial score (nSPS) is 37.0. The summed E-state index contributed by atoms with van der Waals surface area (Å²) in [5.41, 5.74) is 6.02. The van der Waals surface area contributed by atoms with E-state index < -0.39 is 0 Å². The molecular formula is C16H30N2O. The van der Waals surface area contributed by atoms with Gasteiger partial charge in [0.25, 0.3) is 0 Å². The highest BCUT2D eigenvalue weighted by Crippen LogP contribution is 2.31. The van der Waals surface area contributed by atoms with E-state index in [1.807, 2.05) is 0 Å². The molecule has 2 rings (SSSR count). The lowest BCUT2D eigenvalue weighted by Crippen LogP contribution is -2.39. The maximum Gasteiger partial charge on any atom is 0.223 e. The summed E-state index contributed by atoms with van der Waals surface area (Å²) < 4.78 is 0. The molecule has 19 heavy (non-hydrogen) atoms. The zero-order valence-electron chi connectivity index (χ0n) is 12.5. The molecule has 5 atom stereocenters. The zero-order valence-corrected chi connectivity index (χ0v) is 12.5. The van der Waals surface area contributed by atoms with Gasteiger partial charge in [0.2, 0.25) is 5.91 Å². The van der Waals surface area contributed by atoms with Gasteiger partial charge in [0.1, 0.15) is 0 Å². The average Bonchev–Trinajstić information content (AvgIpc) is 2.80. The van der Waals surface area contributed by atoms with Gasteiger partial charge >= 0.3 is 0 Å². The van der Waals surface area contributed by atoms with Gasteiger partial charge in [0.15, 0.2) is 0 Å². The van der Waals surface area contributed by atoms with E-state index in [4.69, 9.17) is 5.73 Å². The van der Waals surface area contributed by atoms with Crippen LogP contribution in [-0.4, -0.2) is 18.5 Å². The third-order valence-corrected chi connectivity index (χ3v) is 5.45. The van der Waals surface area contributed by atoms with Gasteiger partial charge in [-0.3, -0.25) is 4.79 Å². The topological polar surface area (TPSA) is 55.1 Å². The third kappa shape index (κ3) is 3.95. The Bertz CT molecular complexity index is 305. The summed E-state index contributed by atoms with van der Waals surface area (Å²) in [5, 5.41) is 3.19. The highest BCUT2D eigenvalue weighted by Gasteiger charge is 2.29. The van der Waals surface area contributed by atoms with Crippen molar-refractivity contribution in [2.45, 2.75) is 64.8 Å². The first-order valence-corrected chi connectivity index (χ1v) is 8.11.